The van der Waals surface area contributed by atoms with Crippen molar-refractivity contribution >= 4 is 27.4 Å². The largest absolute Gasteiger partial charge is 0.379 e. The first-order valence-corrected chi connectivity index (χ1v) is 11.9. The number of rotatable bonds is 5. The molecule has 0 saturated carbocycles. The van der Waals surface area contributed by atoms with Crippen LogP contribution in [0.3, 0.4) is 0 Å². The average Bonchev–Trinajstić information content (AvgIpc) is 3.08. The van der Waals surface area contributed by atoms with Crippen LogP contribution in [0, 0.1) is 13.8 Å². The average molecular weight is 439 g/mol. The number of anilines is 1. The lowest BCUT2D eigenvalue weighted by Gasteiger charge is -2.36. The fraction of sp³-hybridized carbons (Fsp3) is 0.522. The van der Waals surface area contributed by atoms with Gasteiger partial charge in [-0.1, -0.05) is 6.07 Å². The number of hydrogen-bond donors (Lipinski definition) is 0. The smallest absolute Gasteiger partial charge is 0.146 e. The minimum Gasteiger partial charge on any atom is -0.379 e. The highest BCUT2D eigenvalue weighted by atomic mass is 32.1. The van der Waals surface area contributed by atoms with E-state index in [-0.39, 0.29) is 0 Å². The molecule has 3 aromatic rings. The number of nitrogens with zero attached hydrogens (tertiary/aromatic N) is 6. The minimum atomic E-state index is 0.795. The Morgan fingerprint density at radius 3 is 2.48 bits per heavy atom. The van der Waals surface area contributed by atoms with Crippen molar-refractivity contribution in [3.8, 4) is 0 Å². The van der Waals surface area contributed by atoms with Crippen LogP contribution in [0.1, 0.15) is 21.8 Å². The predicted molar refractivity (Wildman–Crippen MR) is 125 cm³/mol. The summed E-state index contributed by atoms with van der Waals surface area (Å²) in [5.41, 5.74) is 2.60. The highest BCUT2D eigenvalue weighted by Gasteiger charge is 2.24. The van der Waals surface area contributed by atoms with E-state index in [1.807, 2.05) is 18.5 Å². The van der Waals surface area contributed by atoms with Gasteiger partial charge in [0.2, 0.25) is 0 Å². The second-order valence-electron chi connectivity index (χ2n) is 8.44. The Morgan fingerprint density at radius 2 is 1.74 bits per heavy atom. The van der Waals surface area contributed by atoms with Gasteiger partial charge in [-0.05, 0) is 31.0 Å². The molecule has 3 aromatic heterocycles. The number of aromatic nitrogens is 3. The van der Waals surface area contributed by atoms with Crippen LogP contribution in [-0.2, 0) is 17.8 Å². The first-order chi connectivity index (χ1) is 15.2. The first kappa shape index (κ1) is 20.8. The Balaban J connectivity index is 1.36. The van der Waals surface area contributed by atoms with Gasteiger partial charge in [0.15, 0.2) is 0 Å². The predicted octanol–water partition coefficient (Wildman–Crippen LogP) is 2.86. The van der Waals surface area contributed by atoms with Gasteiger partial charge in [0, 0.05) is 63.1 Å². The van der Waals surface area contributed by atoms with Gasteiger partial charge in [0.05, 0.1) is 25.1 Å². The van der Waals surface area contributed by atoms with Gasteiger partial charge in [-0.15, -0.1) is 11.3 Å². The lowest BCUT2D eigenvalue weighted by atomic mass is 10.2. The van der Waals surface area contributed by atoms with Gasteiger partial charge in [0.1, 0.15) is 16.5 Å². The Hall–Kier alpha value is -2.13. The van der Waals surface area contributed by atoms with Crippen molar-refractivity contribution in [3.05, 3.63) is 46.4 Å². The number of ether oxygens (including phenoxy) is 1. The molecular formula is C23H30N6OS. The summed E-state index contributed by atoms with van der Waals surface area (Å²) >= 11 is 1.80. The molecular weight excluding hydrogens is 408 g/mol. The Bertz CT molecular complexity index is 1030. The summed E-state index contributed by atoms with van der Waals surface area (Å²) in [5, 5.41) is 1.24. The lowest BCUT2D eigenvalue weighted by Crippen LogP contribution is -2.46. The maximum atomic E-state index is 5.50. The van der Waals surface area contributed by atoms with Crippen LogP contribution in [-0.4, -0.2) is 77.2 Å². The molecule has 5 heterocycles. The summed E-state index contributed by atoms with van der Waals surface area (Å²) in [4.78, 5) is 24.2. The summed E-state index contributed by atoms with van der Waals surface area (Å²) < 4.78 is 5.50. The van der Waals surface area contributed by atoms with Gasteiger partial charge in [-0.2, -0.15) is 0 Å². The van der Waals surface area contributed by atoms with Crippen molar-refractivity contribution in [1.29, 1.82) is 0 Å². The van der Waals surface area contributed by atoms with Crippen LogP contribution in [0.5, 0.6) is 0 Å². The molecule has 7 nitrogen and oxygen atoms in total. The van der Waals surface area contributed by atoms with Gasteiger partial charge in [0.25, 0.3) is 0 Å². The second kappa shape index (κ2) is 9.16. The van der Waals surface area contributed by atoms with Crippen molar-refractivity contribution in [3.63, 3.8) is 0 Å². The fourth-order valence-electron chi connectivity index (χ4n) is 4.40. The fourth-order valence-corrected chi connectivity index (χ4v) is 5.44. The monoisotopic (exact) mass is 438 g/mol. The minimum absolute atomic E-state index is 0.795. The molecule has 164 valence electrons. The number of piperazine rings is 1. The summed E-state index contributed by atoms with van der Waals surface area (Å²) in [6.45, 7) is 13.7. The molecule has 0 atom stereocenters. The van der Waals surface area contributed by atoms with Crippen LogP contribution < -0.4 is 4.90 Å². The SMILES string of the molecule is Cc1sc2nc(CN3CCOCC3)nc(N3CCN(Cc4cccnc4)CC3)c2c1C. The Morgan fingerprint density at radius 1 is 0.968 bits per heavy atom. The molecule has 31 heavy (non-hydrogen) atoms. The van der Waals surface area contributed by atoms with Crippen molar-refractivity contribution in [1.82, 2.24) is 24.8 Å². The van der Waals surface area contributed by atoms with Gasteiger partial charge in [-0.3, -0.25) is 14.8 Å². The summed E-state index contributed by atoms with van der Waals surface area (Å²) in [7, 11) is 0. The van der Waals surface area contributed by atoms with E-state index in [1.165, 1.54) is 21.4 Å². The summed E-state index contributed by atoms with van der Waals surface area (Å²) in [6.07, 6.45) is 3.80. The molecule has 2 saturated heterocycles. The van der Waals surface area contributed by atoms with Gasteiger partial charge < -0.3 is 9.64 Å². The Labute approximate surface area is 187 Å². The van der Waals surface area contributed by atoms with E-state index >= 15 is 0 Å². The third-order valence-corrected chi connectivity index (χ3v) is 7.43. The molecule has 0 aromatic carbocycles. The maximum absolute atomic E-state index is 5.50. The van der Waals surface area contributed by atoms with Crippen LogP contribution in [0.4, 0.5) is 5.82 Å². The van der Waals surface area contributed by atoms with E-state index < -0.39 is 0 Å². The molecule has 0 radical (unpaired) electrons. The highest BCUT2D eigenvalue weighted by Crippen LogP contribution is 2.35. The van der Waals surface area contributed by atoms with E-state index in [0.717, 1.165) is 82.0 Å². The molecule has 2 aliphatic rings. The van der Waals surface area contributed by atoms with E-state index in [0.29, 0.717) is 0 Å². The van der Waals surface area contributed by atoms with Crippen LogP contribution in [0.25, 0.3) is 10.2 Å². The van der Waals surface area contributed by atoms with E-state index in [2.05, 4.69) is 39.6 Å². The van der Waals surface area contributed by atoms with Crippen molar-refractivity contribution < 1.29 is 4.74 Å². The molecule has 0 amide bonds. The van der Waals surface area contributed by atoms with Crippen molar-refractivity contribution in [2.24, 2.45) is 0 Å². The number of hydrogen-bond acceptors (Lipinski definition) is 8. The van der Waals surface area contributed by atoms with E-state index in [1.54, 1.807) is 11.3 Å². The van der Waals surface area contributed by atoms with Crippen molar-refractivity contribution in [2.45, 2.75) is 26.9 Å². The zero-order valence-corrected chi connectivity index (χ0v) is 19.2. The molecule has 8 heteroatoms. The maximum Gasteiger partial charge on any atom is 0.146 e. The van der Waals surface area contributed by atoms with Gasteiger partial charge in [-0.25, -0.2) is 9.97 Å². The third kappa shape index (κ3) is 4.57. The summed E-state index contributed by atoms with van der Waals surface area (Å²) in [6, 6.07) is 4.17. The van der Waals surface area contributed by atoms with E-state index in [4.69, 9.17) is 14.7 Å². The van der Waals surface area contributed by atoms with E-state index in [9.17, 15) is 0 Å². The molecule has 0 aliphatic carbocycles. The number of fused-ring (bicyclic) bond motifs is 1. The normalized spacial score (nSPS) is 18.7. The number of aryl methyl sites for hydroxylation is 2. The zero-order valence-electron chi connectivity index (χ0n) is 18.4. The van der Waals surface area contributed by atoms with Crippen LogP contribution in [0.2, 0.25) is 0 Å². The molecule has 2 fully saturated rings. The molecule has 2 aliphatic heterocycles. The topological polar surface area (TPSA) is 57.6 Å². The van der Waals surface area contributed by atoms with Crippen LogP contribution in [0.15, 0.2) is 24.5 Å². The van der Waals surface area contributed by atoms with Crippen molar-refractivity contribution in [2.75, 3.05) is 57.4 Å². The molecule has 0 unspecified atom stereocenters. The first-order valence-electron chi connectivity index (χ1n) is 11.1. The Kier molecular flexibility index (Phi) is 6.13. The zero-order chi connectivity index (χ0) is 21.2. The second-order valence-corrected chi connectivity index (χ2v) is 9.64. The van der Waals surface area contributed by atoms with Gasteiger partial charge >= 0.3 is 0 Å². The highest BCUT2D eigenvalue weighted by molar-refractivity contribution is 7.18. The quantitative estimate of drug-likeness (QED) is 0.607. The number of morpholine rings is 1. The molecule has 0 N–H and O–H groups in total. The molecule has 5 rings (SSSR count). The lowest BCUT2D eigenvalue weighted by molar-refractivity contribution is 0.0331. The third-order valence-electron chi connectivity index (χ3n) is 6.33. The number of pyridine rings is 1. The molecule has 0 spiro atoms. The molecule has 0 bridgehead atoms. The number of thiophene rings is 1. The summed E-state index contributed by atoms with van der Waals surface area (Å²) in [5.74, 6) is 2.06. The standard InChI is InChI=1S/C23H30N6OS/c1-17-18(2)31-23-21(17)22(25-20(26-23)16-28-10-12-30-13-11-28)29-8-6-27(7-9-29)15-19-4-3-5-24-14-19/h3-5,14H,6-13,15-16H2,1-2H3. The van der Waals surface area contributed by atoms with Crippen LogP contribution >= 0.6 is 11.3 Å².